The van der Waals surface area contributed by atoms with E-state index in [1.165, 1.54) is 9.58 Å². The van der Waals surface area contributed by atoms with E-state index in [4.69, 9.17) is 28.3 Å². The first-order valence-electron chi connectivity index (χ1n) is 6.99. The fourth-order valence-electron chi connectivity index (χ4n) is 2.52. The summed E-state index contributed by atoms with van der Waals surface area (Å²) in [6, 6.07) is 6.65. The Balaban J connectivity index is 1.78. The molecule has 8 heteroatoms. The number of nitrogens with zero attached hydrogens (tertiary/aromatic N) is 3. The zero-order chi connectivity index (χ0) is 16.6. The zero-order valence-corrected chi connectivity index (χ0v) is 13.5. The van der Waals surface area contributed by atoms with Crippen molar-refractivity contribution in [1.29, 1.82) is 0 Å². The van der Waals surface area contributed by atoms with Crippen LogP contribution < -0.4 is 0 Å². The van der Waals surface area contributed by atoms with Gasteiger partial charge in [-0.2, -0.15) is 5.10 Å². The van der Waals surface area contributed by atoms with E-state index in [0.29, 0.717) is 28.7 Å². The number of halogens is 2. The highest BCUT2D eigenvalue weighted by Gasteiger charge is 2.32. The predicted molar refractivity (Wildman–Crippen MR) is 85.2 cm³/mol. The maximum absolute atomic E-state index is 12.4. The molecule has 1 unspecified atom stereocenters. The standard InChI is InChI=1S/C15H13Cl2N3O3/c16-11-2-1-10(7-12(11)17)20-6-4-13(18-20)14(21)19-5-3-9(8-19)15(22)23/h1-2,4,6-7,9H,3,5,8H2,(H,22,23). The summed E-state index contributed by atoms with van der Waals surface area (Å²) in [5.41, 5.74) is 0.949. The molecule has 2 aromatic rings. The molecule has 0 spiro atoms. The van der Waals surface area contributed by atoms with Crippen molar-refractivity contribution in [3.05, 3.63) is 46.2 Å². The molecule has 2 heterocycles. The molecule has 1 aromatic carbocycles. The highest BCUT2D eigenvalue weighted by Crippen LogP contribution is 2.24. The minimum atomic E-state index is -0.873. The zero-order valence-electron chi connectivity index (χ0n) is 11.9. The van der Waals surface area contributed by atoms with Crippen molar-refractivity contribution < 1.29 is 14.7 Å². The van der Waals surface area contributed by atoms with Crippen LogP contribution in [0.15, 0.2) is 30.5 Å². The summed E-state index contributed by atoms with van der Waals surface area (Å²) in [7, 11) is 0. The predicted octanol–water partition coefficient (Wildman–Crippen LogP) is 2.73. The molecule has 1 saturated heterocycles. The molecule has 23 heavy (non-hydrogen) atoms. The number of benzene rings is 1. The van der Waals surface area contributed by atoms with Gasteiger partial charge in [-0.25, -0.2) is 4.68 Å². The Hall–Kier alpha value is -2.05. The lowest BCUT2D eigenvalue weighted by Crippen LogP contribution is -2.30. The molecular weight excluding hydrogens is 341 g/mol. The third kappa shape index (κ3) is 3.18. The van der Waals surface area contributed by atoms with Crippen molar-refractivity contribution in [1.82, 2.24) is 14.7 Å². The molecule has 1 aliphatic rings. The number of amides is 1. The number of carbonyl (C=O) groups is 2. The van der Waals surface area contributed by atoms with E-state index in [1.54, 1.807) is 30.5 Å². The molecule has 0 aliphatic carbocycles. The van der Waals surface area contributed by atoms with Gasteiger partial charge in [-0.15, -0.1) is 0 Å². The molecule has 1 aromatic heterocycles. The third-order valence-electron chi connectivity index (χ3n) is 3.80. The van der Waals surface area contributed by atoms with Gasteiger partial charge in [0.25, 0.3) is 5.91 Å². The van der Waals surface area contributed by atoms with Gasteiger partial charge in [0, 0.05) is 19.3 Å². The fraction of sp³-hybridized carbons (Fsp3) is 0.267. The number of carboxylic acid groups (broad SMARTS) is 1. The van der Waals surface area contributed by atoms with Crippen LogP contribution >= 0.6 is 23.2 Å². The monoisotopic (exact) mass is 353 g/mol. The number of carboxylic acids is 1. The lowest BCUT2D eigenvalue weighted by Gasteiger charge is -2.13. The Morgan fingerprint density at radius 2 is 2.00 bits per heavy atom. The summed E-state index contributed by atoms with van der Waals surface area (Å²) in [4.78, 5) is 24.9. The number of carbonyl (C=O) groups excluding carboxylic acids is 1. The van der Waals surface area contributed by atoms with Crippen LogP contribution in [0.5, 0.6) is 0 Å². The van der Waals surface area contributed by atoms with Gasteiger partial charge in [-0.1, -0.05) is 23.2 Å². The lowest BCUT2D eigenvalue weighted by molar-refractivity contribution is -0.141. The SMILES string of the molecule is O=C(O)C1CCN(C(=O)c2ccn(-c3ccc(Cl)c(Cl)c3)n2)C1. The molecule has 1 aliphatic heterocycles. The van der Waals surface area contributed by atoms with Crippen molar-refractivity contribution in [2.24, 2.45) is 5.92 Å². The molecule has 0 bridgehead atoms. The maximum Gasteiger partial charge on any atom is 0.308 e. The van der Waals surface area contributed by atoms with Crippen molar-refractivity contribution in [2.45, 2.75) is 6.42 Å². The number of hydrogen-bond acceptors (Lipinski definition) is 3. The molecule has 1 fully saturated rings. The normalized spacial score (nSPS) is 17.5. The Morgan fingerprint density at radius 3 is 2.65 bits per heavy atom. The van der Waals surface area contributed by atoms with Gasteiger partial charge in [0.15, 0.2) is 5.69 Å². The van der Waals surface area contributed by atoms with Crippen molar-refractivity contribution in [2.75, 3.05) is 13.1 Å². The van der Waals surface area contributed by atoms with Crippen LogP contribution in [0.2, 0.25) is 10.0 Å². The molecule has 6 nitrogen and oxygen atoms in total. The number of likely N-dealkylation sites (tertiary alicyclic amines) is 1. The first kappa shape index (κ1) is 15.8. The van der Waals surface area contributed by atoms with Crippen LogP contribution in [-0.4, -0.2) is 44.8 Å². The van der Waals surface area contributed by atoms with Crippen LogP contribution in [0.4, 0.5) is 0 Å². The molecule has 0 radical (unpaired) electrons. The molecule has 0 saturated carbocycles. The molecular formula is C15H13Cl2N3O3. The van der Waals surface area contributed by atoms with Crippen molar-refractivity contribution in [3.8, 4) is 5.69 Å². The summed E-state index contributed by atoms with van der Waals surface area (Å²) in [5.74, 6) is -1.65. The quantitative estimate of drug-likeness (QED) is 0.920. The minimum Gasteiger partial charge on any atom is -0.481 e. The average molecular weight is 354 g/mol. The van der Waals surface area contributed by atoms with Gasteiger partial charge >= 0.3 is 5.97 Å². The molecule has 1 N–H and O–H groups in total. The van der Waals surface area contributed by atoms with E-state index in [0.717, 1.165) is 0 Å². The second kappa shape index (κ2) is 6.22. The lowest BCUT2D eigenvalue weighted by atomic mass is 10.1. The van der Waals surface area contributed by atoms with Crippen molar-refractivity contribution >= 4 is 35.1 Å². The van der Waals surface area contributed by atoms with Gasteiger partial charge < -0.3 is 10.0 Å². The van der Waals surface area contributed by atoms with E-state index >= 15 is 0 Å². The van der Waals surface area contributed by atoms with Crippen LogP contribution in [0, 0.1) is 5.92 Å². The molecule has 120 valence electrons. The van der Waals surface area contributed by atoms with Crippen molar-refractivity contribution in [3.63, 3.8) is 0 Å². The summed E-state index contributed by atoms with van der Waals surface area (Å²) in [6.07, 6.45) is 2.12. The Kier molecular flexibility index (Phi) is 4.28. The number of aromatic nitrogens is 2. The molecule has 3 rings (SSSR count). The van der Waals surface area contributed by atoms with Gasteiger partial charge in [0.05, 0.1) is 21.7 Å². The summed E-state index contributed by atoms with van der Waals surface area (Å²) >= 11 is 11.9. The third-order valence-corrected chi connectivity index (χ3v) is 4.54. The van der Waals surface area contributed by atoms with Crippen LogP contribution in [0.1, 0.15) is 16.9 Å². The summed E-state index contributed by atoms with van der Waals surface area (Å²) in [5, 5.41) is 14.1. The molecule has 1 atom stereocenters. The number of hydrogen-bond donors (Lipinski definition) is 1. The van der Waals surface area contributed by atoms with Gasteiger partial charge in [-0.3, -0.25) is 9.59 Å². The van der Waals surface area contributed by atoms with E-state index in [1.807, 2.05) is 0 Å². The summed E-state index contributed by atoms with van der Waals surface area (Å²) < 4.78 is 1.53. The van der Waals surface area contributed by atoms with Gasteiger partial charge in [0.2, 0.25) is 0 Å². The Labute approximate surface area is 142 Å². The van der Waals surface area contributed by atoms with Gasteiger partial charge in [-0.05, 0) is 30.7 Å². The second-order valence-corrected chi connectivity index (χ2v) is 6.13. The average Bonchev–Trinajstić information content (AvgIpc) is 3.18. The van der Waals surface area contributed by atoms with Crippen LogP contribution in [0.3, 0.4) is 0 Å². The summed E-state index contributed by atoms with van der Waals surface area (Å²) in [6.45, 7) is 0.642. The largest absolute Gasteiger partial charge is 0.481 e. The van der Waals surface area contributed by atoms with Crippen LogP contribution in [0.25, 0.3) is 5.69 Å². The van der Waals surface area contributed by atoms with E-state index in [9.17, 15) is 9.59 Å². The number of aliphatic carboxylic acids is 1. The molecule has 1 amide bonds. The van der Waals surface area contributed by atoms with E-state index in [2.05, 4.69) is 5.10 Å². The second-order valence-electron chi connectivity index (χ2n) is 5.32. The Bertz CT molecular complexity index is 775. The van der Waals surface area contributed by atoms with Gasteiger partial charge in [0.1, 0.15) is 0 Å². The minimum absolute atomic E-state index is 0.216. The topological polar surface area (TPSA) is 75.4 Å². The Morgan fingerprint density at radius 1 is 1.22 bits per heavy atom. The highest BCUT2D eigenvalue weighted by molar-refractivity contribution is 6.42. The first-order chi connectivity index (χ1) is 11.0. The smallest absolute Gasteiger partial charge is 0.308 e. The highest BCUT2D eigenvalue weighted by atomic mass is 35.5. The van der Waals surface area contributed by atoms with E-state index in [-0.39, 0.29) is 18.1 Å². The van der Waals surface area contributed by atoms with E-state index < -0.39 is 11.9 Å². The first-order valence-corrected chi connectivity index (χ1v) is 7.74. The number of rotatable bonds is 3. The maximum atomic E-state index is 12.4. The van der Waals surface area contributed by atoms with Crippen LogP contribution in [-0.2, 0) is 4.79 Å². The fourth-order valence-corrected chi connectivity index (χ4v) is 2.81.